The average molecular weight is 879 g/mol. The Morgan fingerprint density at radius 1 is 0.387 bits per heavy atom. The zero-order valence-electron chi connectivity index (χ0n) is 42.1. The molecule has 2 atom stereocenters. The summed E-state index contributed by atoms with van der Waals surface area (Å²) in [6, 6.07) is -0.543. The van der Waals surface area contributed by atoms with E-state index in [1.807, 2.05) is 0 Å². The third-order valence-electron chi connectivity index (χ3n) is 13.4. The number of aliphatic hydroxyl groups is 2. The number of unbranched alkanes of at least 4 members (excludes halogenated alkanes) is 42. The van der Waals surface area contributed by atoms with Crippen LogP contribution in [0.2, 0.25) is 0 Å². The van der Waals surface area contributed by atoms with E-state index >= 15 is 0 Å². The Labute approximate surface area is 387 Å². The number of carbonyl (C=O) groups is 2. The maximum Gasteiger partial charge on any atom is 0.305 e. The van der Waals surface area contributed by atoms with E-state index in [0.717, 1.165) is 38.5 Å². The first-order valence-corrected chi connectivity index (χ1v) is 28.3. The first-order chi connectivity index (χ1) is 30.5. The predicted molar refractivity (Wildman–Crippen MR) is 269 cm³/mol. The number of carbonyl (C=O) groups excluding carboxylic acids is 2. The van der Waals surface area contributed by atoms with Gasteiger partial charge in [0.05, 0.1) is 25.4 Å². The van der Waals surface area contributed by atoms with Gasteiger partial charge in [-0.1, -0.05) is 284 Å². The predicted octanol–water partition coefficient (Wildman–Crippen LogP) is 17.1. The van der Waals surface area contributed by atoms with Gasteiger partial charge in [-0.15, -0.1) is 0 Å². The fraction of sp³-hybridized carbons (Fsp3) is 0.964. The van der Waals surface area contributed by atoms with Gasteiger partial charge in [0.1, 0.15) is 0 Å². The molecule has 0 aromatic heterocycles. The summed E-state index contributed by atoms with van der Waals surface area (Å²) in [5, 5.41) is 23.2. The number of hydrogen-bond donors (Lipinski definition) is 3. The Morgan fingerprint density at radius 2 is 0.661 bits per heavy atom. The number of ether oxygens (including phenoxy) is 1. The Balaban J connectivity index is 3.38. The van der Waals surface area contributed by atoms with E-state index in [-0.39, 0.29) is 18.5 Å². The maximum atomic E-state index is 12.4. The summed E-state index contributed by atoms with van der Waals surface area (Å²) in [6.45, 7) is 4.96. The van der Waals surface area contributed by atoms with Gasteiger partial charge in [0.2, 0.25) is 5.91 Å². The molecule has 3 N–H and O–H groups in total. The van der Waals surface area contributed by atoms with Crippen LogP contribution in [0.4, 0.5) is 0 Å². The summed E-state index contributed by atoms with van der Waals surface area (Å²) in [5.41, 5.74) is 0. The third kappa shape index (κ3) is 48.3. The van der Waals surface area contributed by atoms with E-state index in [1.165, 1.54) is 250 Å². The first kappa shape index (κ1) is 60.9. The highest BCUT2D eigenvalue weighted by Gasteiger charge is 2.20. The van der Waals surface area contributed by atoms with Crippen molar-refractivity contribution >= 4 is 11.9 Å². The summed E-state index contributed by atoms with van der Waals surface area (Å²) in [4.78, 5) is 24.5. The van der Waals surface area contributed by atoms with Crippen LogP contribution >= 0.6 is 0 Å². The Bertz CT molecular complexity index is 882. The molecule has 6 heteroatoms. The van der Waals surface area contributed by atoms with E-state index in [1.54, 1.807) is 0 Å². The molecule has 0 saturated carbocycles. The highest BCUT2D eigenvalue weighted by atomic mass is 16.5. The molecule has 0 aliphatic rings. The fourth-order valence-electron chi connectivity index (χ4n) is 9.05. The first-order valence-electron chi connectivity index (χ1n) is 28.3. The summed E-state index contributed by atoms with van der Waals surface area (Å²) in [7, 11) is 0. The number of amides is 1. The molecule has 0 heterocycles. The molecule has 1 amide bonds. The largest absolute Gasteiger partial charge is 0.466 e. The zero-order valence-corrected chi connectivity index (χ0v) is 42.1. The number of nitrogens with one attached hydrogen (secondary N) is 1. The van der Waals surface area contributed by atoms with Gasteiger partial charge in [0, 0.05) is 12.8 Å². The van der Waals surface area contributed by atoms with Gasteiger partial charge in [-0.25, -0.2) is 0 Å². The van der Waals surface area contributed by atoms with Crippen LogP contribution in [-0.2, 0) is 14.3 Å². The lowest BCUT2D eigenvalue weighted by Crippen LogP contribution is -2.45. The minimum Gasteiger partial charge on any atom is -0.466 e. The van der Waals surface area contributed by atoms with E-state index in [2.05, 4.69) is 19.2 Å². The molecular formula is C56H111NO5. The molecule has 0 saturated heterocycles. The van der Waals surface area contributed by atoms with E-state index in [4.69, 9.17) is 4.74 Å². The Morgan fingerprint density at radius 3 is 0.984 bits per heavy atom. The van der Waals surface area contributed by atoms with Crippen LogP contribution < -0.4 is 5.32 Å². The molecule has 0 aromatic rings. The molecule has 0 spiro atoms. The van der Waals surface area contributed by atoms with Gasteiger partial charge >= 0.3 is 5.97 Å². The van der Waals surface area contributed by atoms with E-state index in [0.29, 0.717) is 25.9 Å². The summed E-state index contributed by atoms with van der Waals surface area (Å²) in [6.07, 6.45) is 59.4. The summed E-state index contributed by atoms with van der Waals surface area (Å²) >= 11 is 0. The van der Waals surface area contributed by atoms with Crippen LogP contribution in [0.25, 0.3) is 0 Å². The minimum atomic E-state index is -0.665. The lowest BCUT2D eigenvalue weighted by molar-refractivity contribution is -0.143. The number of aliphatic hydroxyl groups excluding tert-OH is 2. The Hall–Kier alpha value is -1.14. The van der Waals surface area contributed by atoms with Gasteiger partial charge in [0.25, 0.3) is 0 Å². The molecule has 370 valence electrons. The molecule has 0 aromatic carbocycles. The number of rotatable bonds is 53. The molecular weight excluding hydrogens is 767 g/mol. The fourth-order valence-corrected chi connectivity index (χ4v) is 9.05. The monoisotopic (exact) mass is 878 g/mol. The second-order valence-corrected chi connectivity index (χ2v) is 19.6. The van der Waals surface area contributed by atoms with Gasteiger partial charge in [0.15, 0.2) is 0 Å². The number of hydrogen-bond acceptors (Lipinski definition) is 5. The second kappa shape index (κ2) is 52.5. The van der Waals surface area contributed by atoms with Gasteiger partial charge in [-0.05, 0) is 25.7 Å². The van der Waals surface area contributed by atoms with Crippen molar-refractivity contribution in [3.05, 3.63) is 0 Å². The van der Waals surface area contributed by atoms with Crippen LogP contribution in [0.1, 0.15) is 322 Å². The number of esters is 1. The van der Waals surface area contributed by atoms with Crippen LogP contribution in [0.3, 0.4) is 0 Å². The smallest absolute Gasteiger partial charge is 0.305 e. The second-order valence-electron chi connectivity index (χ2n) is 19.6. The van der Waals surface area contributed by atoms with Crippen molar-refractivity contribution in [2.75, 3.05) is 13.2 Å². The lowest BCUT2D eigenvalue weighted by atomic mass is 10.0. The molecule has 0 aliphatic heterocycles. The summed E-state index contributed by atoms with van der Waals surface area (Å²) < 4.78 is 5.48. The van der Waals surface area contributed by atoms with Gasteiger partial charge < -0.3 is 20.3 Å². The van der Waals surface area contributed by atoms with Crippen molar-refractivity contribution in [2.24, 2.45) is 0 Å². The molecule has 0 bridgehead atoms. The molecule has 0 fully saturated rings. The minimum absolute atomic E-state index is 0.00902. The molecule has 2 unspecified atom stereocenters. The third-order valence-corrected chi connectivity index (χ3v) is 13.4. The van der Waals surface area contributed by atoms with Crippen LogP contribution in [-0.4, -0.2) is 47.4 Å². The van der Waals surface area contributed by atoms with Crippen molar-refractivity contribution in [1.29, 1.82) is 0 Å². The van der Waals surface area contributed by atoms with Crippen molar-refractivity contribution < 1.29 is 24.5 Å². The highest BCUT2D eigenvalue weighted by molar-refractivity contribution is 5.76. The molecule has 6 nitrogen and oxygen atoms in total. The molecule has 62 heavy (non-hydrogen) atoms. The molecule has 0 radical (unpaired) electrons. The highest BCUT2D eigenvalue weighted by Crippen LogP contribution is 2.18. The van der Waals surface area contributed by atoms with Crippen LogP contribution in [0.15, 0.2) is 0 Å². The Kier molecular flexibility index (Phi) is 51.5. The maximum absolute atomic E-state index is 12.4. The van der Waals surface area contributed by atoms with Crippen molar-refractivity contribution in [3.63, 3.8) is 0 Å². The van der Waals surface area contributed by atoms with E-state index in [9.17, 15) is 19.8 Å². The van der Waals surface area contributed by atoms with E-state index < -0.39 is 12.1 Å². The SMILES string of the molecule is CCCCCCCCCCCCCCCCCC(=O)OCCCCCCCCCCCCCCCCCCCC(=O)NC(CO)C(O)CCCCCCCCCCCCCCC. The molecule has 0 rings (SSSR count). The normalized spacial score (nSPS) is 12.5. The van der Waals surface area contributed by atoms with Crippen molar-refractivity contribution in [1.82, 2.24) is 5.32 Å². The van der Waals surface area contributed by atoms with Crippen LogP contribution in [0, 0.1) is 0 Å². The topological polar surface area (TPSA) is 95.9 Å². The van der Waals surface area contributed by atoms with Gasteiger partial charge in [-0.3, -0.25) is 9.59 Å². The zero-order chi connectivity index (χ0) is 45.1. The van der Waals surface area contributed by atoms with Crippen molar-refractivity contribution in [2.45, 2.75) is 334 Å². The lowest BCUT2D eigenvalue weighted by Gasteiger charge is -2.22. The standard InChI is InChI=1S/C56H111NO5/c1-3-5-7-9-11-13-15-17-21-26-30-34-38-42-46-50-56(61)62-51-47-43-39-35-31-27-23-20-18-19-22-25-29-33-37-41-45-49-55(60)57-53(52-58)54(59)48-44-40-36-32-28-24-16-14-12-10-8-6-4-2/h53-54,58-59H,3-52H2,1-2H3,(H,57,60). The average Bonchev–Trinajstić information content (AvgIpc) is 3.27. The van der Waals surface area contributed by atoms with Gasteiger partial charge in [-0.2, -0.15) is 0 Å². The quantitative estimate of drug-likeness (QED) is 0.0418. The van der Waals surface area contributed by atoms with Crippen LogP contribution in [0.5, 0.6) is 0 Å². The van der Waals surface area contributed by atoms with Crippen molar-refractivity contribution in [3.8, 4) is 0 Å². The molecule has 0 aliphatic carbocycles. The summed E-state index contributed by atoms with van der Waals surface area (Å²) in [5.74, 6) is -0.0294.